The lowest BCUT2D eigenvalue weighted by Crippen LogP contribution is -2.26. The summed E-state index contributed by atoms with van der Waals surface area (Å²) in [6.07, 6.45) is 0.968. The first-order chi connectivity index (χ1) is 7.17. The summed E-state index contributed by atoms with van der Waals surface area (Å²) in [5, 5.41) is 2.85. The maximum Gasteiger partial charge on any atom is 0.228 e. The van der Waals surface area contributed by atoms with Crippen LogP contribution in [0.3, 0.4) is 0 Å². The van der Waals surface area contributed by atoms with Crippen LogP contribution in [-0.4, -0.2) is 12.5 Å². The number of carbonyl (C=O) groups excluding carboxylic acids is 1. The van der Waals surface area contributed by atoms with E-state index >= 15 is 0 Å². The van der Waals surface area contributed by atoms with Crippen molar-refractivity contribution in [2.75, 3.05) is 11.9 Å². The molecule has 1 atom stereocenters. The van der Waals surface area contributed by atoms with Crippen LogP contribution < -0.4 is 11.1 Å². The molecule has 0 saturated carbocycles. The van der Waals surface area contributed by atoms with Crippen molar-refractivity contribution in [2.24, 2.45) is 11.7 Å². The van der Waals surface area contributed by atoms with E-state index in [1.54, 1.807) is 0 Å². The van der Waals surface area contributed by atoms with E-state index in [0.717, 1.165) is 12.1 Å². The van der Waals surface area contributed by atoms with Gasteiger partial charge >= 0.3 is 0 Å². The molecule has 1 aromatic rings. The second-order valence-corrected chi connectivity index (χ2v) is 3.68. The van der Waals surface area contributed by atoms with Crippen molar-refractivity contribution in [3.8, 4) is 0 Å². The summed E-state index contributed by atoms with van der Waals surface area (Å²) >= 11 is 0. The Morgan fingerprint density at radius 2 is 2.27 bits per heavy atom. The highest BCUT2D eigenvalue weighted by Gasteiger charge is 2.10. The first-order valence-corrected chi connectivity index (χ1v) is 5.27. The quantitative estimate of drug-likeness (QED) is 0.789. The topological polar surface area (TPSA) is 55.1 Å². The first kappa shape index (κ1) is 11.7. The number of rotatable bonds is 4. The molecule has 1 aromatic carbocycles. The van der Waals surface area contributed by atoms with E-state index in [1.165, 1.54) is 5.56 Å². The third-order valence-corrected chi connectivity index (χ3v) is 2.40. The zero-order valence-electron chi connectivity index (χ0n) is 9.29. The Morgan fingerprint density at radius 3 is 2.87 bits per heavy atom. The maximum atomic E-state index is 11.6. The largest absolute Gasteiger partial charge is 0.330 e. The van der Waals surface area contributed by atoms with Gasteiger partial charge in [0.05, 0.1) is 0 Å². The standard InChI is InChI=1S/C12H18N2O/c1-3-10-5-4-6-11(7-10)14-12(15)9(2)8-13/h4-7,9H,3,8,13H2,1-2H3,(H,14,15). The predicted molar refractivity (Wildman–Crippen MR) is 62.7 cm³/mol. The van der Waals surface area contributed by atoms with Gasteiger partial charge in [0.15, 0.2) is 0 Å². The molecule has 3 N–H and O–H groups in total. The molecule has 0 bridgehead atoms. The zero-order chi connectivity index (χ0) is 11.3. The minimum absolute atomic E-state index is 0.0225. The van der Waals surface area contributed by atoms with E-state index in [0.29, 0.717) is 6.54 Å². The Kier molecular flexibility index (Phi) is 4.31. The number of nitrogens with two attached hydrogens (primary N) is 1. The highest BCUT2D eigenvalue weighted by molar-refractivity contribution is 5.92. The summed E-state index contributed by atoms with van der Waals surface area (Å²) in [5.74, 6) is -0.166. The molecule has 0 saturated heterocycles. The monoisotopic (exact) mass is 206 g/mol. The number of benzene rings is 1. The summed E-state index contributed by atoms with van der Waals surface area (Å²) in [6, 6.07) is 7.87. The molecule has 0 aromatic heterocycles. The van der Waals surface area contributed by atoms with E-state index < -0.39 is 0 Å². The van der Waals surface area contributed by atoms with Gasteiger partial charge in [-0.15, -0.1) is 0 Å². The van der Waals surface area contributed by atoms with Crippen molar-refractivity contribution in [2.45, 2.75) is 20.3 Å². The second kappa shape index (κ2) is 5.51. The van der Waals surface area contributed by atoms with Crippen molar-refractivity contribution < 1.29 is 4.79 Å². The van der Waals surface area contributed by atoms with Gasteiger partial charge < -0.3 is 11.1 Å². The van der Waals surface area contributed by atoms with E-state index in [2.05, 4.69) is 12.2 Å². The molecule has 3 nitrogen and oxygen atoms in total. The molecule has 0 heterocycles. The lowest BCUT2D eigenvalue weighted by molar-refractivity contribution is -0.119. The minimum atomic E-state index is -0.143. The fourth-order valence-electron chi connectivity index (χ4n) is 1.24. The van der Waals surface area contributed by atoms with Gasteiger partial charge in [-0.1, -0.05) is 26.0 Å². The van der Waals surface area contributed by atoms with Gasteiger partial charge in [0, 0.05) is 18.2 Å². The Balaban J connectivity index is 2.68. The van der Waals surface area contributed by atoms with Crippen molar-refractivity contribution in [1.29, 1.82) is 0 Å². The number of hydrogen-bond acceptors (Lipinski definition) is 2. The average molecular weight is 206 g/mol. The first-order valence-electron chi connectivity index (χ1n) is 5.27. The van der Waals surface area contributed by atoms with Crippen LogP contribution in [0.2, 0.25) is 0 Å². The Bertz CT molecular complexity index is 336. The lowest BCUT2D eigenvalue weighted by atomic mass is 10.1. The Labute approximate surface area is 90.7 Å². The predicted octanol–water partition coefficient (Wildman–Crippen LogP) is 1.78. The highest BCUT2D eigenvalue weighted by atomic mass is 16.1. The Morgan fingerprint density at radius 1 is 1.53 bits per heavy atom. The molecule has 1 amide bonds. The molecule has 1 unspecified atom stereocenters. The molecule has 15 heavy (non-hydrogen) atoms. The van der Waals surface area contributed by atoms with Gasteiger partial charge in [-0.25, -0.2) is 0 Å². The fraction of sp³-hybridized carbons (Fsp3) is 0.417. The molecule has 0 aliphatic rings. The smallest absolute Gasteiger partial charge is 0.228 e. The van der Waals surface area contributed by atoms with Crippen LogP contribution in [-0.2, 0) is 11.2 Å². The van der Waals surface area contributed by atoms with Crippen LogP contribution in [0.15, 0.2) is 24.3 Å². The van der Waals surface area contributed by atoms with Gasteiger partial charge in [-0.2, -0.15) is 0 Å². The summed E-state index contributed by atoms with van der Waals surface area (Å²) < 4.78 is 0. The molecule has 1 rings (SSSR count). The maximum absolute atomic E-state index is 11.6. The fourth-order valence-corrected chi connectivity index (χ4v) is 1.24. The summed E-state index contributed by atoms with van der Waals surface area (Å²) in [4.78, 5) is 11.6. The molecule has 0 aliphatic carbocycles. The number of amides is 1. The number of aryl methyl sites for hydroxylation is 1. The number of anilines is 1. The van der Waals surface area contributed by atoms with Gasteiger partial charge in [0.2, 0.25) is 5.91 Å². The van der Waals surface area contributed by atoms with Crippen molar-refractivity contribution in [1.82, 2.24) is 0 Å². The third-order valence-electron chi connectivity index (χ3n) is 2.40. The third kappa shape index (κ3) is 3.36. The second-order valence-electron chi connectivity index (χ2n) is 3.68. The SMILES string of the molecule is CCc1cccc(NC(=O)C(C)CN)c1. The molecular formula is C12H18N2O. The number of nitrogens with one attached hydrogen (secondary N) is 1. The number of hydrogen-bond donors (Lipinski definition) is 2. The van der Waals surface area contributed by atoms with Gasteiger partial charge in [0.25, 0.3) is 0 Å². The minimum Gasteiger partial charge on any atom is -0.330 e. The molecule has 3 heteroatoms. The van der Waals surface area contributed by atoms with Crippen LogP contribution in [0.5, 0.6) is 0 Å². The average Bonchev–Trinajstić information content (AvgIpc) is 2.28. The van der Waals surface area contributed by atoms with E-state index in [1.807, 2.05) is 31.2 Å². The van der Waals surface area contributed by atoms with E-state index in [9.17, 15) is 4.79 Å². The summed E-state index contributed by atoms with van der Waals surface area (Å²) in [7, 11) is 0. The van der Waals surface area contributed by atoms with E-state index in [-0.39, 0.29) is 11.8 Å². The Hall–Kier alpha value is -1.35. The van der Waals surface area contributed by atoms with Gasteiger partial charge in [-0.05, 0) is 24.1 Å². The van der Waals surface area contributed by atoms with Crippen LogP contribution in [0.1, 0.15) is 19.4 Å². The molecule has 0 fully saturated rings. The molecule has 0 spiro atoms. The van der Waals surface area contributed by atoms with Crippen LogP contribution in [0.4, 0.5) is 5.69 Å². The molecular weight excluding hydrogens is 188 g/mol. The molecule has 0 radical (unpaired) electrons. The van der Waals surface area contributed by atoms with E-state index in [4.69, 9.17) is 5.73 Å². The molecule has 82 valence electrons. The van der Waals surface area contributed by atoms with Crippen LogP contribution in [0.25, 0.3) is 0 Å². The summed E-state index contributed by atoms with van der Waals surface area (Å²) in [5.41, 5.74) is 7.48. The van der Waals surface area contributed by atoms with Gasteiger partial charge in [0.1, 0.15) is 0 Å². The molecule has 0 aliphatic heterocycles. The lowest BCUT2D eigenvalue weighted by Gasteiger charge is -2.10. The summed E-state index contributed by atoms with van der Waals surface area (Å²) in [6.45, 7) is 4.28. The van der Waals surface area contributed by atoms with Crippen molar-refractivity contribution in [3.05, 3.63) is 29.8 Å². The zero-order valence-corrected chi connectivity index (χ0v) is 9.29. The van der Waals surface area contributed by atoms with Crippen LogP contribution in [0, 0.1) is 5.92 Å². The highest BCUT2D eigenvalue weighted by Crippen LogP contribution is 2.12. The van der Waals surface area contributed by atoms with Crippen molar-refractivity contribution in [3.63, 3.8) is 0 Å². The normalized spacial score (nSPS) is 12.2. The van der Waals surface area contributed by atoms with Crippen molar-refractivity contribution >= 4 is 11.6 Å². The number of carbonyl (C=O) groups is 1. The van der Waals surface area contributed by atoms with Crippen LogP contribution >= 0.6 is 0 Å². The van der Waals surface area contributed by atoms with Gasteiger partial charge in [-0.3, -0.25) is 4.79 Å².